The molecule has 0 saturated heterocycles. The van der Waals surface area contributed by atoms with Crippen LogP contribution in [0.25, 0.3) is 0 Å². The van der Waals surface area contributed by atoms with Crippen LogP contribution in [0.4, 0.5) is 0 Å². The van der Waals surface area contributed by atoms with Gasteiger partial charge in [-0.1, -0.05) is 40.0 Å². The van der Waals surface area contributed by atoms with E-state index in [2.05, 4.69) is 26.8 Å². The lowest BCUT2D eigenvalue weighted by molar-refractivity contribution is 0.357. The van der Waals surface area contributed by atoms with Gasteiger partial charge in [-0.25, -0.2) is 0 Å². The molecule has 0 aliphatic rings. The number of nitriles is 1. The minimum Gasteiger partial charge on any atom is -0.198 e. The normalized spacial score (nSPS) is 11.2. The molecule has 0 unspecified atom stereocenters. The molecule has 0 atom stereocenters. The molecule has 0 rings (SSSR count). The van der Waals surface area contributed by atoms with Gasteiger partial charge in [0.2, 0.25) is 0 Å². The average Bonchev–Trinajstić information content (AvgIpc) is 1.94. The molecular weight excluding hydrogens is 146 g/mol. The van der Waals surface area contributed by atoms with Crippen molar-refractivity contribution in [3.63, 3.8) is 0 Å². The van der Waals surface area contributed by atoms with E-state index >= 15 is 0 Å². The van der Waals surface area contributed by atoms with Crippen LogP contribution in [-0.4, -0.2) is 0 Å². The Bertz CT molecular complexity index is 136. The maximum Gasteiger partial charge on any atom is 0.0621 e. The highest BCUT2D eigenvalue weighted by atomic mass is 14.2. The van der Waals surface area contributed by atoms with Crippen LogP contribution in [0.2, 0.25) is 0 Å². The maximum absolute atomic E-state index is 8.30. The van der Waals surface area contributed by atoms with E-state index in [4.69, 9.17) is 5.26 Å². The summed E-state index contributed by atoms with van der Waals surface area (Å²) in [5.41, 5.74) is 0.481. The third kappa shape index (κ3) is 9.49. The Balaban J connectivity index is 3.07. The summed E-state index contributed by atoms with van der Waals surface area (Å²) in [6.07, 6.45) is 6.95. The molecule has 0 aliphatic heterocycles. The van der Waals surface area contributed by atoms with Crippen LogP contribution < -0.4 is 0 Å². The van der Waals surface area contributed by atoms with Crippen LogP contribution >= 0.6 is 0 Å². The van der Waals surface area contributed by atoms with Gasteiger partial charge in [-0.05, 0) is 18.3 Å². The molecule has 0 saturated carbocycles. The summed E-state index contributed by atoms with van der Waals surface area (Å²) < 4.78 is 0. The summed E-state index contributed by atoms with van der Waals surface area (Å²) in [5.74, 6) is 0. The highest BCUT2D eigenvalue weighted by Crippen LogP contribution is 2.22. The lowest BCUT2D eigenvalue weighted by Gasteiger charge is -2.17. The van der Waals surface area contributed by atoms with E-state index in [1.807, 2.05) is 0 Å². The number of hydrogen-bond donors (Lipinski definition) is 0. The molecule has 1 heteroatoms. The van der Waals surface area contributed by atoms with Crippen LogP contribution in [-0.2, 0) is 0 Å². The van der Waals surface area contributed by atoms with E-state index in [1.165, 1.54) is 25.7 Å². The van der Waals surface area contributed by atoms with Crippen molar-refractivity contribution in [2.45, 2.75) is 59.3 Å². The van der Waals surface area contributed by atoms with Crippen molar-refractivity contribution < 1.29 is 0 Å². The molecular formula is C11H21N. The van der Waals surface area contributed by atoms with Gasteiger partial charge in [-0.15, -0.1) is 0 Å². The first-order valence-electron chi connectivity index (χ1n) is 4.93. The van der Waals surface area contributed by atoms with Gasteiger partial charge < -0.3 is 0 Å². The molecule has 0 fully saturated rings. The third-order valence-electron chi connectivity index (χ3n) is 1.97. The van der Waals surface area contributed by atoms with E-state index < -0.39 is 0 Å². The second-order valence-electron chi connectivity index (χ2n) is 4.63. The van der Waals surface area contributed by atoms with Crippen molar-refractivity contribution in [1.82, 2.24) is 0 Å². The van der Waals surface area contributed by atoms with Crippen molar-refractivity contribution >= 4 is 0 Å². The summed E-state index contributed by atoms with van der Waals surface area (Å²) in [5, 5.41) is 8.30. The number of rotatable bonds is 5. The summed E-state index contributed by atoms with van der Waals surface area (Å²) in [6.45, 7) is 6.84. The summed E-state index contributed by atoms with van der Waals surface area (Å²) >= 11 is 0. The Kier molecular flexibility index (Phi) is 5.80. The van der Waals surface area contributed by atoms with Crippen LogP contribution in [0.3, 0.4) is 0 Å². The maximum atomic E-state index is 8.30. The van der Waals surface area contributed by atoms with Gasteiger partial charge in [0.15, 0.2) is 0 Å². The predicted octanol–water partition coefficient (Wildman–Crippen LogP) is 3.90. The molecule has 0 aromatic carbocycles. The van der Waals surface area contributed by atoms with Crippen LogP contribution in [0, 0.1) is 16.7 Å². The average molecular weight is 167 g/mol. The van der Waals surface area contributed by atoms with E-state index in [0.29, 0.717) is 5.41 Å². The first-order valence-corrected chi connectivity index (χ1v) is 4.93. The minimum absolute atomic E-state index is 0.481. The number of unbranched alkanes of at least 4 members (excludes halogenated alkanes) is 4. The highest BCUT2D eigenvalue weighted by molar-refractivity contribution is 4.68. The molecule has 0 heterocycles. The number of hydrogen-bond acceptors (Lipinski definition) is 1. The summed E-state index contributed by atoms with van der Waals surface area (Å²) in [6, 6.07) is 2.17. The second kappa shape index (κ2) is 6.06. The van der Waals surface area contributed by atoms with E-state index in [0.717, 1.165) is 12.8 Å². The largest absolute Gasteiger partial charge is 0.198 e. The standard InChI is InChI=1S/C11H21N/c1-11(2,3)9-7-5-4-6-8-10-12/h4-9H2,1-3H3. The molecule has 70 valence electrons. The zero-order valence-electron chi connectivity index (χ0n) is 8.69. The van der Waals surface area contributed by atoms with Gasteiger partial charge in [0, 0.05) is 6.42 Å². The lowest BCUT2D eigenvalue weighted by atomic mass is 9.89. The molecule has 0 aliphatic carbocycles. The van der Waals surface area contributed by atoms with Crippen LogP contribution in [0.15, 0.2) is 0 Å². The quantitative estimate of drug-likeness (QED) is 0.570. The Hall–Kier alpha value is -0.510. The predicted molar refractivity (Wildman–Crippen MR) is 52.8 cm³/mol. The van der Waals surface area contributed by atoms with E-state index in [9.17, 15) is 0 Å². The Morgan fingerprint density at radius 2 is 1.58 bits per heavy atom. The highest BCUT2D eigenvalue weighted by Gasteiger charge is 2.08. The van der Waals surface area contributed by atoms with Gasteiger partial charge in [0.1, 0.15) is 0 Å². The molecule has 0 N–H and O–H groups in total. The first kappa shape index (κ1) is 11.5. The van der Waals surface area contributed by atoms with E-state index in [-0.39, 0.29) is 0 Å². The Morgan fingerprint density at radius 3 is 2.08 bits per heavy atom. The SMILES string of the molecule is CC(C)(C)CCCCCCC#N. The molecule has 12 heavy (non-hydrogen) atoms. The minimum atomic E-state index is 0.481. The Labute approximate surface area is 76.8 Å². The molecule has 1 nitrogen and oxygen atoms in total. The lowest BCUT2D eigenvalue weighted by Crippen LogP contribution is -2.03. The fourth-order valence-electron chi connectivity index (χ4n) is 1.21. The first-order chi connectivity index (χ1) is 5.56. The number of nitrogens with zero attached hydrogens (tertiary/aromatic N) is 1. The van der Waals surface area contributed by atoms with Crippen molar-refractivity contribution in [2.24, 2.45) is 5.41 Å². The van der Waals surface area contributed by atoms with Crippen LogP contribution in [0.5, 0.6) is 0 Å². The van der Waals surface area contributed by atoms with Gasteiger partial charge in [-0.2, -0.15) is 5.26 Å². The smallest absolute Gasteiger partial charge is 0.0621 e. The van der Waals surface area contributed by atoms with Crippen molar-refractivity contribution in [3.05, 3.63) is 0 Å². The fourth-order valence-corrected chi connectivity index (χ4v) is 1.21. The molecule has 0 amide bonds. The van der Waals surface area contributed by atoms with Crippen LogP contribution in [0.1, 0.15) is 59.3 Å². The topological polar surface area (TPSA) is 23.8 Å². The van der Waals surface area contributed by atoms with Gasteiger partial charge in [-0.3, -0.25) is 0 Å². The molecule has 0 spiro atoms. The van der Waals surface area contributed by atoms with Gasteiger partial charge in [0.25, 0.3) is 0 Å². The molecule has 0 radical (unpaired) electrons. The summed E-state index contributed by atoms with van der Waals surface area (Å²) in [7, 11) is 0. The molecule has 0 aromatic rings. The summed E-state index contributed by atoms with van der Waals surface area (Å²) in [4.78, 5) is 0. The zero-order valence-corrected chi connectivity index (χ0v) is 8.69. The third-order valence-corrected chi connectivity index (χ3v) is 1.97. The second-order valence-corrected chi connectivity index (χ2v) is 4.63. The van der Waals surface area contributed by atoms with E-state index in [1.54, 1.807) is 0 Å². The monoisotopic (exact) mass is 167 g/mol. The van der Waals surface area contributed by atoms with Crippen molar-refractivity contribution in [1.29, 1.82) is 5.26 Å². The van der Waals surface area contributed by atoms with Gasteiger partial charge in [0.05, 0.1) is 6.07 Å². The Morgan fingerprint density at radius 1 is 1.00 bits per heavy atom. The van der Waals surface area contributed by atoms with Crippen molar-refractivity contribution in [3.8, 4) is 6.07 Å². The molecule has 0 aromatic heterocycles. The van der Waals surface area contributed by atoms with Crippen molar-refractivity contribution in [2.75, 3.05) is 0 Å². The molecule has 0 bridgehead atoms. The van der Waals surface area contributed by atoms with Gasteiger partial charge >= 0.3 is 0 Å². The zero-order chi connectivity index (χ0) is 9.45. The fraction of sp³-hybridized carbons (Fsp3) is 0.909.